The van der Waals surface area contributed by atoms with Gasteiger partial charge in [0.15, 0.2) is 17.7 Å². The first-order chi connectivity index (χ1) is 11.0. The number of hydrogen-bond acceptors (Lipinski definition) is 7. The first-order valence-electron chi connectivity index (χ1n) is 6.81. The van der Waals surface area contributed by atoms with Gasteiger partial charge in [-0.15, -0.1) is 6.42 Å². The third-order valence-corrected chi connectivity index (χ3v) is 4.02. The molecule has 4 atom stereocenters. The Balaban J connectivity index is 2.20. The Morgan fingerprint density at radius 2 is 2.30 bits per heavy atom. The smallest absolute Gasteiger partial charge is 0.181 e. The molecule has 2 aromatic rings. The standard InChI is InChI=1S/C14H15FN4O4/c1-3-7-4-19(12-9(7)11(18-22)16-6-17-12)13-14(2,15)10(21)8(5-20)23-13/h1,4,6,8,10,13,20-22H,5H2,2H3,(H,16,17,18)/t8-,10-,13-,14-/m1/s1. The first kappa shape index (κ1) is 15.6. The van der Waals surface area contributed by atoms with Crippen molar-refractivity contribution >= 4 is 16.9 Å². The van der Waals surface area contributed by atoms with E-state index in [1.54, 1.807) is 0 Å². The highest BCUT2D eigenvalue weighted by atomic mass is 19.1. The maximum Gasteiger partial charge on any atom is 0.181 e. The number of aromatic nitrogens is 3. The van der Waals surface area contributed by atoms with E-state index in [9.17, 15) is 14.6 Å². The van der Waals surface area contributed by atoms with Gasteiger partial charge in [0.1, 0.15) is 24.2 Å². The van der Waals surface area contributed by atoms with Gasteiger partial charge in [-0.2, -0.15) is 0 Å². The lowest BCUT2D eigenvalue weighted by Gasteiger charge is -2.25. The summed E-state index contributed by atoms with van der Waals surface area (Å²) in [5, 5.41) is 28.7. The second-order valence-electron chi connectivity index (χ2n) is 5.43. The van der Waals surface area contributed by atoms with E-state index in [4.69, 9.17) is 16.4 Å². The van der Waals surface area contributed by atoms with Crippen molar-refractivity contribution < 1.29 is 24.5 Å². The minimum Gasteiger partial charge on any atom is -0.394 e. The molecule has 3 heterocycles. The first-order valence-corrected chi connectivity index (χ1v) is 6.81. The third-order valence-electron chi connectivity index (χ3n) is 4.02. The number of anilines is 1. The van der Waals surface area contributed by atoms with E-state index in [2.05, 4.69) is 15.9 Å². The molecule has 1 fully saturated rings. The van der Waals surface area contributed by atoms with Crippen molar-refractivity contribution in [2.75, 3.05) is 12.1 Å². The Morgan fingerprint density at radius 3 is 2.87 bits per heavy atom. The summed E-state index contributed by atoms with van der Waals surface area (Å²) in [6.45, 7) is 0.641. The van der Waals surface area contributed by atoms with Crippen LogP contribution in [0, 0.1) is 12.3 Å². The fraction of sp³-hybridized carbons (Fsp3) is 0.429. The second-order valence-corrected chi connectivity index (χ2v) is 5.43. The Hall–Kier alpha value is -2.25. The Morgan fingerprint density at radius 1 is 1.57 bits per heavy atom. The van der Waals surface area contributed by atoms with Crippen LogP contribution in [0.5, 0.6) is 0 Å². The Kier molecular flexibility index (Phi) is 3.69. The SMILES string of the molecule is C#Cc1cn([C@@H]2O[C@H](CO)[C@@H](O)[C@@]2(C)F)c2ncnc(NO)c12. The summed E-state index contributed by atoms with van der Waals surface area (Å²) in [4.78, 5) is 7.91. The molecule has 0 spiro atoms. The van der Waals surface area contributed by atoms with Gasteiger partial charge in [0, 0.05) is 6.20 Å². The van der Waals surface area contributed by atoms with E-state index in [1.807, 2.05) is 5.48 Å². The number of aliphatic hydroxyl groups is 2. The topological polar surface area (TPSA) is 113 Å². The van der Waals surface area contributed by atoms with Gasteiger partial charge in [-0.1, -0.05) is 5.92 Å². The molecule has 0 radical (unpaired) electrons. The maximum absolute atomic E-state index is 14.9. The predicted molar refractivity (Wildman–Crippen MR) is 77.4 cm³/mol. The number of halogens is 1. The van der Waals surface area contributed by atoms with Crippen LogP contribution in [0.1, 0.15) is 18.7 Å². The van der Waals surface area contributed by atoms with Gasteiger partial charge in [-0.05, 0) is 6.92 Å². The molecular formula is C14H15FN4O4. The minimum absolute atomic E-state index is 0.0690. The fourth-order valence-corrected chi connectivity index (χ4v) is 2.82. The molecule has 122 valence electrons. The summed E-state index contributed by atoms with van der Waals surface area (Å²) >= 11 is 0. The molecule has 23 heavy (non-hydrogen) atoms. The van der Waals surface area contributed by atoms with Gasteiger partial charge in [-0.25, -0.2) is 14.4 Å². The largest absolute Gasteiger partial charge is 0.394 e. The molecule has 9 heteroatoms. The lowest BCUT2D eigenvalue weighted by molar-refractivity contribution is -0.0564. The van der Waals surface area contributed by atoms with Crippen LogP contribution in [0.25, 0.3) is 11.0 Å². The number of nitrogens with zero attached hydrogens (tertiary/aromatic N) is 3. The zero-order chi connectivity index (χ0) is 16.8. The van der Waals surface area contributed by atoms with Crippen LogP contribution in [-0.2, 0) is 4.74 Å². The summed E-state index contributed by atoms with van der Waals surface area (Å²) in [7, 11) is 0. The van der Waals surface area contributed by atoms with Crippen LogP contribution >= 0.6 is 0 Å². The van der Waals surface area contributed by atoms with Crippen LogP contribution in [0.15, 0.2) is 12.5 Å². The predicted octanol–water partition coefficient (Wildman–Crippen LogP) is 0.192. The van der Waals surface area contributed by atoms with E-state index in [-0.39, 0.29) is 11.5 Å². The van der Waals surface area contributed by atoms with Crippen LogP contribution in [-0.4, -0.2) is 54.4 Å². The molecule has 0 bridgehead atoms. The zero-order valence-electron chi connectivity index (χ0n) is 12.1. The summed E-state index contributed by atoms with van der Waals surface area (Å²) in [6.07, 6.45) is 4.21. The van der Waals surface area contributed by atoms with Crippen molar-refractivity contribution in [1.29, 1.82) is 0 Å². The van der Waals surface area contributed by atoms with Crippen molar-refractivity contribution in [3.8, 4) is 12.3 Å². The number of nitrogens with one attached hydrogen (secondary N) is 1. The molecule has 0 unspecified atom stereocenters. The number of fused-ring (bicyclic) bond motifs is 1. The lowest BCUT2D eigenvalue weighted by Crippen LogP contribution is -2.40. The van der Waals surface area contributed by atoms with Crippen molar-refractivity contribution in [2.45, 2.75) is 31.0 Å². The van der Waals surface area contributed by atoms with Crippen LogP contribution < -0.4 is 5.48 Å². The average Bonchev–Trinajstić information content (AvgIpc) is 3.03. The molecule has 1 aliphatic heterocycles. The van der Waals surface area contributed by atoms with Crippen LogP contribution in [0.3, 0.4) is 0 Å². The van der Waals surface area contributed by atoms with E-state index in [0.29, 0.717) is 10.9 Å². The Labute approximate surface area is 130 Å². The summed E-state index contributed by atoms with van der Waals surface area (Å²) in [5.74, 6) is 2.48. The zero-order valence-corrected chi connectivity index (χ0v) is 12.1. The Bertz CT molecular complexity index is 785. The van der Waals surface area contributed by atoms with Gasteiger partial charge in [0.05, 0.1) is 17.6 Å². The molecule has 4 N–H and O–H groups in total. The van der Waals surface area contributed by atoms with Gasteiger partial charge < -0.3 is 19.5 Å². The number of aliphatic hydroxyl groups excluding tert-OH is 2. The van der Waals surface area contributed by atoms with Gasteiger partial charge in [-0.3, -0.25) is 10.7 Å². The van der Waals surface area contributed by atoms with Gasteiger partial charge >= 0.3 is 0 Å². The molecule has 0 aliphatic carbocycles. The monoisotopic (exact) mass is 322 g/mol. The second kappa shape index (κ2) is 5.43. The molecule has 0 amide bonds. The van der Waals surface area contributed by atoms with Crippen molar-refractivity contribution in [2.24, 2.45) is 0 Å². The van der Waals surface area contributed by atoms with Crippen molar-refractivity contribution in [3.05, 3.63) is 18.1 Å². The quantitative estimate of drug-likeness (QED) is 0.471. The molecule has 2 aromatic heterocycles. The van der Waals surface area contributed by atoms with Crippen LogP contribution in [0.4, 0.5) is 10.2 Å². The third kappa shape index (κ3) is 2.15. The highest BCUT2D eigenvalue weighted by Crippen LogP contribution is 2.43. The molecule has 0 saturated carbocycles. The molecule has 8 nitrogen and oxygen atoms in total. The number of rotatable bonds is 3. The lowest BCUT2D eigenvalue weighted by atomic mass is 9.98. The van der Waals surface area contributed by atoms with Crippen molar-refractivity contribution in [3.63, 3.8) is 0 Å². The number of alkyl halides is 1. The minimum atomic E-state index is -2.18. The molecule has 1 aliphatic rings. The number of terminal acetylenes is 1. The highest BCUT2D eigenvalue weighted by Gasteiger charge is 2.55. The normalized spacial score (nSPS) is 30.5. The number of hydrogen-bond donors (Lipinski definition) is 4. The fourth-order valence-electron chi connectivity index (χ4n) is 2.82. The summed E-state index contributed by atoms with van der Waals surface area (Å²) < 4.78 is 21.7. The molecular weight excluding hydrogens is 307 g/mol. The van der Waals surface area contributed by atoms with Crippen molar-refractivity contribution in [1.82, 2.24) is 14.5 Å². The molecule has 1 saturated heterocycles. The van der Waals surface area contributed by atoms with E-state index >= 15 is 0 Å². The molecule has 3 rings (SSSR count). The average molecular weight is 322 g/mol. The van der Waals surface area contributed by atoms with Crippen LogP contribution in [0.2, 0.25) is 0 Å². The van der Waals surface area contributed by atoms with E-state index in [0.717, 1.165) is 0 Å². The summed E-state index contributed by atoms with van der Waals surface area (Å²) in [5.41, 5.74) is 0.281. The van der Waals surface area contributed by atoms with E-state index < -0.39 is 30.7 Å². The van der Waals surface area contributed by atoms with Gasteiger partial charge in [0.25, 0.3) is 0 Å². The van der Waals surface area contributed by atoms with E-state index in [1.165, 1.54) is 24.0 Å². The number of ether oxygens (including phenoxy) is 1. The van der Waals surface area contributed by atoms with Gasteiger partial charge in [0.2, 0.25) is 0 Å². The highest BCUT2D eigenvalue weighted by molar-refractivity contribution is 5.92. The maximum atomic E-state index is 14.9. The molecule has 0 aromatic carbocycles. The summed E-state index contributed by atoms with van der Waals surface area (Å²) in [6, 6.07) is 0.